The zero-order valence-electron chi connectivity index (χ0n) is 15.9. The molecule has 0 bridgehead atoms. The number of aryl methyl sites for hydroxylation is 1. The Balaban J connectivity index is 1.58. The predicted octanol–water partition coefficient (Wildman–Crippen LogP) is 4.58. The second-order valence-corrected chi connectivity index (χ2v) is 7.04. The standard InChI is InChI=1S/C21H30N4O/c1-16-15-20(24-18-10-5-3-4-6-11-18)25-21(23-16)22-14-13-17-9-7-8-12-19(17)26-2/h7-9,12,15,18H,3-6,10-11,13-14H2,1-2H3,(H2,22,23,24,25). The van der Waals surface area contributed by atoms with E-state index in [1.54, 1.807) is 7.11 Å². The van der Waals surface area contributed by atoms with Gasteiger partial charge in [-0.1, -0.05) is 43.9 Å². The van der Waals surface area contributed by atoms with Crippen LogP contribution in [0, 0.1) is 6.92 Å². The van der Waals surface area contributed by atoms with Crippen molar-refractivity contribution in [2.75, 3.05) is 24.3 Å². The van der Waals surface area contributed by atoms with E-state index in [0.29, 0.717) is 12.0 Å². The predicted molar refractivity (Wildman–Crippen MR) is 107 cm³/mol. The van der Waals surface area contributed by atoms with Crippen LogP contribution >= 0.6 is 0 Å². The van der Waals surface area contributed by atoms with Gasteiger partial charge in [0.25, 0.3) is 0 Å². The van der Waals surface area contributed by atoms with Crippen molar-refractivity contribution in [3.63, 3.8) is 0 Å². The number of benzene rings is 1. The molecule has 2 aromatic rings. The second-order valence-electron chi connectivity index (χ2n) is 7.04. The molecule has 1 heterocycles. The lowest BCUT2D eigenvalue weighted by atomic mass is 10.1. The minimum atomic E-state index is 0.535. The van der Waals surface area contributed by atoms with Gasteiger partial charge >= 0.3 is 0 Å². The number of aromatic nitrogens is 2. The summed E-state index contributed by atoms with van der Waals surface area (Å²) in [7, 11) is 1.71. The van der Waals surface area contributed by atoms with Crippen LogP contribution in [0.25, 0.3) is 0 Å². The van der Waals surface area contributed by atoms with Crippen LogP contribution in [0.4, 0.5) is 11.8 Å². The lowest BCUT2D eigenvalue weighted by Gasteiger charge is -2.18. The number of rotatable bonds is 7. The summed E-state index contributed by atoms with van der Waals surface area (Å²) in [6, 6.07) is 10.7. The highest BCUT2D eigenvalue weighted by Gasteiger charge is 2.13. The van der Waals surface area contributed by atoms with E-state index in [2.05, 4.69) is 26.7 Å². The molecule has 0 atom stereocenters. The van der Waals surface area contributed by atoms with E-state index in [1.165, 1.54) is 44.1 Å². The Morgan fingerprint density at radius 1 is 1.08 bits per heavy atom. The zero-order valence-corrected chi connectivity index (χ0v) is 15.9. The number of anilines is 2. The van der Waals surface area contributed by atoms with Crippen LogP contribution < -0.4 is 15.4 Å². The van der Waals surface area contributed by atoms with E-state index in [0.717, 1.165) is 30.2 Å². The fourth-order valence-electron chi connectivity index (χ4n) is 3.57. The smallest absolute Gasteiger partial charge is 0.224 e. The number of para-hydroxylation sites is 1. The van der Waals surface area contributed by atoms with Crippen molar-refractivity contribution in [2.45, 2.75) is 57.9 Å². The van der Waals surface area contributed by atoms with Crippen molar-refractivity contribution < 1.29 is 4.74 Å². The van der Waals surface area contributed by atoms with Gasteiger partial charge in [-0.2, -0.15) is 4.98 Å². The van der Waals surface area contributed by atoms with Crippen molar-refractivity contribution in [3.8, 4) is 5.75 Å². The summed E-state index contributed by atoms with van der Waals surface area (Å²) in [6.07, 6.45) is 8.68. The SMILES string of the molecule is COc1ccccc1CCNc1nc(C)cc(NC2CCCCCC2)n1. The molecule has 0 saturated heterocycles. The first-order chi connectivity index (χ1) is 12.7. The van der Waals surface area contributed by atoms with E-state index < -0.39 is 0 Å². The monoisotopic (exact) mass is 354 g/mol. The summed E-state index contributed by atoms with van der Waals surface area (Å²) in [5, 5.41) is 6.97. The Labute approximate surface area is 156 Å². The summed E-state index contributed by atoms with van der Waals surface area (Å²) in [5.74, 6) is 2.55. The molecule has 3 rings (SSSR count). The van der Waals surface area contributed by atoms with E-state index >= 15 is 0 Å². The number of ether oxygens (including phenoxy) is 1. The molecule has 2 N–H and O–H groups in total. The molecule has 5 heteroatoms. The maximum atomic E-state index is 5.41. The van der Waals surface area contributed by atoms with Crippen molar-refractivity contribution in [1.29, 1.82) is 0 Å². The topological polar surface area (TPSA) is 59.1 Å². The molecule has 1 aliphatic carbocycles. The molecule has 1 saturated carbocycles. The van der Waals surface area contributed by atoms with Crippen molar-refractivity contribution in [3.05, 3.63) is 41.6 Å². The van der Waals surface area contributed by atoms with Gasteiger partial charge in [0.15, 0.2) is 0 Å². The van der Waals surface area contributed by atoms with E-state index in [9.17, 15) is 0 Å². The molecular weight excluding hydrogens is 324 g/mol. The summed E-state index contributed by atoms with van der Waals surface area (Å²) in [5.41, 5.74) is 2.17. The quantitative estimate of drug-likeness (QED) is 0.713. The van der Waals surface area contributed by atoms with E-state index in [1.807, 2.05) is 31.2 Å². The van der Waals surface area contributed by atoms with Gasteiger partial charge in [-0.3, -0.25) is 0 Å². The Morgan fingerprint density at radius 3 is 2.62 bits per heavy atom. The minimum absolute atomic E-state index is 0.535. The van der Waals surface area contributed by atoms with E-state index in [4.69, 9.17) is 4.74 Å². The van der Waals surface area contributed by atoms with Crippen LogP contribution in [0.3, 0.4) is 0 Å². The Kier molecular flexibility index (Phi) is 6.69. The van der Waals surface area contributed by atoms with Gasteiger partial charge in [0.1, 0.15) is 11.6 Å². The molecule has 0 unspecified atom stereocenters. The number of hydrogen-bond acceptors (Lipinski definition) is 5. The lowest BCUT2D eigenvalue weighted by Crippen LogP contribution is -2.20. The third-order valence-corrected chi connectivity index (χ3v) is 4.93. The summed E-state index contributed by atoms with van der Waals surface area (Å²) < 4.78 is 5.41. The fraction of sp³-hybridized carbons (Fsp3) is 0.524. The third-order valence-electron chi connectivity index (χ3n) is 4.93. The van der Waals surface area contributed by atoms with Crippen molar-refractivity contribution in [2.24, 2.45) is 0 Å². The molecular formula is C21H30N4O. The fourth-order valence-corrected chi connectivity index (χ4v) is 3.57. The maximum Gasteiger partial charge on any atom is 0.224 e. The van der Waals surface area contributed by atoms with Gasteiger partial charge in [-0.25, -0.2) is 4.98 Å². The molecule has 0 radical (unpaired) electrons. The first-order valence-electron chi connectivity index (χ1n) is 9.72. The third kappa shape index (κ3) is 5.35. The number of nitrogens with zero attached hydrogens (tertiary/aromatic N) is 2. The Bertz CT molecular complexity index is 696. The molecule has 0 aliphatic heterocycles. The van der Waals surface area contributed by atoms with Crippen LogP contribution in [0.5, 0.6) is 5.75 Å². The van der Waals surface area contributed by atoms with Gasteiger partial charge in [-0.15, -0.1) is 0 Å². The van der Waals surface area contributed by atoms with Gasteiger partial charge in [0.2, 0.25) is 5.95 Å². The number of nitrogens with one attached hydrogen (secondary N) is 2. The van der Waals surface area contributed by atoms with Gasteiger partial charge in [0.05, 0.1) is 7.11 Å². The summed E-state index contributed by atoms with van der Waals surface area (Å²) in [4.78, 5) is 9.19. The minimum Gasteiger partial charge on any atom is -0.496 e. The van der Waals surface area contributed by atoms with Crippen LogP contribution in [-0.4, -0.2) is 29.7 Å². The van der Waals surface area contributed by atoms with Crippen molar-refractivity contribution in [1.82, 2.24) is 9.97 Å². The molecule has 1 aromatic carbocycles. The number of methoxy groups -OCH3 is 1. The number of hydrogen-bond donors (Lipinski definition) is 2. The van der Waals surface area contributed by atoms with Crippen LogP contribution in [-0.2, 0) is 6.42 Å². The normalized spacial score (nSPS) is 15.3. The van der Waals surface area contributed by atoms with Crippen LogP contribution in [0.15, 0.2) is 30.3 Å². The summed E-state index contributed by atoms with van der Waals surface area (Å²) >= 11 is 0. The molecule has 0 amide bonds. The first-order valence-corrected chi connectivity index (χ1v) is 9.72. The summed E-state index contributed by atoms with van der Waals surface area (Å²) in [6.45, 7) is 2.79. The zero-order chi connectivity index (χ0) is 18.2. The van der Waals surface area contributed by atoms with E-state index in [-0.39, 0.29) is 0 Å². The van der Waals surface area contributed by atoms with Crippen molar-refractivity contribution >= 4 is 11.8 Å². The molecule has 140 valence electrons. The van der Waals surface area contributed by atoms with Gasteiger partial charge in [0, 0.05) is 24.3 Å². The molecule has 1 aliphatic rings. The highest BCUT2D eigenvalue weighted by molar-refractivity contribution is 5.43. The highest BCUT2D eigenvalue weighted by Crippen LogP contribution is 2.21. The maximum absolute atomic E-state index is 5.41. The largest absolute Gasteiger partial charge is 0.496 e. The highest BCUT2D eigenvalue weighted by atomic mass is 16.5. The van der Waals surface area contributed by atoms with Crippen LogP contribution in [0.2, 0.25) is 0 Å². The molecule has 26 heavy (non-hydrogen) atoms. The average molecular weight is 354 g/mol. The van der Waals surface area contributed by atoms with Gasteiger partial charge in [-0.05, 0) is 37.8 Å². The Morgan fingerprint density at radius 2 is 1.85 bits per heavy atom. The Hall–Kier alpha value is -2.30. The molecule has 1 aromatic heterocycles. The second kappa shape index (κ2) is 9.41. The molecule has 5 nitrogen and oxygen atoms in total. The van der Waals surface area contributed by atoms with Crippen LogP contribution in [0.1, 0.15) is 49.8 Å². The lowest BCUT2D eigenvalue weighted by molar-refractivity contribution is 0.410. The molecule has 0 spiro atoms. The average Bonchev–Trinajstić information content (AvgIpc) is 2.90. The first kappa shape index (κ1) is 18.5. The molecule has 1 fully saturated rings. The van der Waals surface area contributed by atoms with Gasteiger partial charge < -0.3 is 15.4 Å².